The summed E-state index contributed by atoms with van der Waals surface area (Å²) in [7, 11) is 0. The Morgan fingerprint density at radius 2 is 1.89 bits per heavy atom. The largest absolute Gasteiger partial charge is 0.364 e. The number of fused-ring (bicyclic) bond motifs is 1. The number of hydrogen-bond acceptors (Lipinski definition) is 5. The van der Waals surface area contributed by atoms with Gasteiger partial charge in [0.25, 0.3) is 11.8 Å². The highest BCUT2D eigenvalue weighted by Gasteiger charge is 2.25. The number of H-pyrrole nitrogens is 1. The van der Waals surface area contributed by atoms with E-state index in [4.69, 9.17) is 5.73 Å². The number of rotatable bonds is 5. The second-order valence-corrected chi connectivity index (χ2v) is 6.76. The first kappa shape index (κ1) is 17.8. The van der Waals surface area contributed by atoms with Gasteiger partial charge in [-0.3, -0.25) is 14.2 Å². The molecular weight excluding hydrogens is 376 g/mol. The minimum Gasteiger partial charge on any atom is -0.364 e. The maximum absolute atomic E-state index is 13.0. The number of carbonyl (C=O) groups excluding carboxylic acids is 2. The Balaban J connectivity index is 1.80. The van der Waals surface area contributed by atoms with E-state index in [0.29, 0.717) is 11.6 Å². The van der Waals surface area contributed by atoms with E-state index in [1.807, 2.05) is 48.7 Å². The summed E-state index contributed by atoms with van der Waals surface area (Å²) in [5.74, 6) is -0.934. The Morgan fingerprint density at radius 1 is 1.14 bits per heavy atom. The summed E-state index contributed by atoms with van der Waals surface area (Å²) in [5, 5.41) is 2.83. The van der Waals surface area contributed by atoms with Gasteiger partial charge < -0.3 is 16.0 Å². The number of aromatic amines is 1. The summed E-state index contributed by atoms with van der Waals surface area (Å²) in [6, 6.07) is 14.8. The number of hydrogen-bond donors (Lipinski definition) is 3. The van der Waals surface area contributed by atoms with Crippen LogP contribution in [0.4, 0.5) is 5.69 Å². The van der Waals surface area contributed by atoms with Crippen molar-refractivity contribution >= 4 is 40.3 Å². The van der Waals surface area contributed by atoms with Crippen LogP contribution < -0.4 is 11.1 Å². The van der Waals surface area contributed by atoms with Crippen LogP contribution in [-0.4, -0.2) is 37.6 Å². The van der Waals surface area contributed by atoms with Gasteiger partial charge in [0, 0.05) is 4.90 Å². The van der Waals surface area contributed by atoms with Crippen molar-refractivity contribution in [2.75, 3.05) is 11.6 Å². The number of para-hydroxylation sites is 3. The molecule has 2 aromatic carbocycles. The van der Waals surface area contributed by atoms with E-state index in [1.54, 1.807) is 6.07 Å². The molecule has 2 amide bonds. The molecule has 0 fully saturated rings. The van der Waals surface area contributed by atoms with E-state index in [-0.39, 0.29) is 11.4 Å². The maximum atomic E-state index is 13.0. The van der Waals surface area contributed by atoms with Gasteiger partial charge in [0.15, 0.2) is 5.69 Å². The lowest BCUT2D eigenvalue weighted by Crippen LogP contribution is -2.23. The van der Waals surface area contributed by atoms with E-state index in [0.717, 1.165) is 15.9 Å². The van der Waals surface area contributed by atoms with Gasteiger partial charge in [0.2, 0.25) is 5.95 Å². The molecular formula is C19H16N6O2S. The van der Waals surface area contributed by atoms with E-state index < -0.39 is 11.8 Å². The first-order valence-electron chi connectivity index (χ1n) is 8.35. The third kappa shape index (κ3) is 3.12. The zero-order valence-corrected chi connectivity index (χ0v) is 15.7. The average Bonchev–Trinajstić information content (AvgIpc) is 3.32. The number of carbonyl (C=O) groups is 2. The summed E-state index contributed by atoms with van der Waals surface area (Å²) in [5.41, 5.74) is 7.49. The highest BCUT2D eigenvalue weighted by molar-refractivity contribution is 7.98. The number of nitrogens with two attached hydrogens (primary N) is 1. The number of amides is 2. The fourth-order valence-electron chi connectivity index (χ4n) is 2.89. The Hall–Kier alpha value is -3.59. The third-order valence-corrected chi connectivity index (χ3v) is 4.97. The Labute approximate surface area is 164 Å². The number of nitrogens with zero attached hydrogens (tertiary/aromatic N) is 3. The minimum absolute atomic E-state index is 0.0162. The van der Waals surface area contributed by atoms with Crippen LogP contribution in [0.1, 0.15) is 21.0 Å². The molecule has 0 unspecified atom stereocenters. The lowest BCUT2D eigenvalue weighted by atomic mass is 10.2. The molecule has 0 aliphatic carbocycles. The number of thioether (sulfide) groups is 1. The highest BCUT2D eigenvalue weighted by Crippen LogP contribution is 2.26. The Kier molecular flexibility index (Phi) is 4.58. The van der Waals surface area contributed by atoms with Crippen molar-refractivity contribution in [2.24, 2.45) is 5.73 Å². The summed E-state index contributed by atoms with van der Waals surface area (Å²) >= 11 is 1.50. The lowest BCUT2D eigenvalue weighted by molar-refractivity contribution is 0.0971. The van der Waals surface area contributed by atoms with Gasteiger partial charge in [-0.1, -0.05) is 24.3 Å². The Bertz CT molecular complexity index is 1160. The van der Waals surface area contributed by atoms with E-state index >= 15 is 0 Å². The second-order valence-electron chi connectivity index (χ2n) is 5.91. The zero-order valence-electron chi connectivity index (χ0n) is 14.8. The summed E-state index contributed by atoms with van der Waals surface area (Å²) in [4.78, 5) is 37.4. The number of imidazole rings is 2. The van der Waals surface area contributed by atoms with Crippen LogP contribution in [0.2, 0.25) is 0 Å². The van der Waals surface area contributed by atoms with Crippen molar-refractivity contribution in [3.8, 4) is 5.95 Å². The van der Waals surface area contributed by atoms with Crippen LogP contribution in [0.3, 0.4) is 0 Å². The molecule has 0 aliphatic rings. The second kappa shape index (κ2) is 7.20. The molecule has 140 valence electrons. The zero-order chi connectivity index (χ0) is 19.7. The predicted molar refractivity (Wildman–Crippen MR) is 108 cm³/mol. The molecule has 8 nitrogen and oxygen atoms in total. The van der Waals surface area contributed by atoms with Gasteiger partial charge in [0.05, 0.1) is 16.7 Å². The number of benzene rings is 2. The SMILES string of the molecule is CSc1ccccc1NC(=O)c1c(C(N)=O)ncn1-c1nc2ccccc2[nH]1. The van der Waals surface area contributed by atoms with Gasteiger partial charge in [-0.15, -0.1) is 11.8 Å². The fraction of sp³-hybridized carbons (Fsp3) is 0.0526. The minimum atomic E-state index is -0.793. The summed E-state index contributed by atoms with van der Waals surface area (Å²) in [6.45, 7) is 0. The van der Waals surface area contributed by atoms with E-state index in [2.05, 4.69) is 20.3 Å². The van der Waals surface area contributed by atoms with Crippen LogP contribution in [0, 0.1) is 0 Å². The first-order chi connectivity index (χ1) is 13.6. The fourth-order valence-corrected chi connectivity index (χ4v) is 3.44. The topological polar surface area (TPSA) is 119 Å². The molecule has 0 bridgehead atoms. The van der Waals surface area contributed by atoms with Gasteiger partial charge in [0.1, 0.15) is 12.0 Å². The molecule has 0 saturated carbocycles. The van der Waals surface area contributed by atoms with Crippen LogP contribution in [0.25, 0.3) is 17.0 Å². The lowest BCUT2D eigenvalue weighted by Gasteiger charge is -2.11. The molecule has 4 rings (SSSR count). The summed E-state index contributed by atoms with van der Waals surface area (Å²) < 4.78 is 1.43. The van der Waals surface area contributed by atoms with Crippen LogP contribution >= 0.6 is 11.8 Å². The smallest absolute Gasteiger partial charge is 0.275 e. The van der Waals surface area contributed by atoms with Crippen LogP contribution in [0.15, 0.2) is 59.8 Å². The molecule has 4 N–H and O–H groups in total. The normalized spacial score (nSPS) is 10.9. The van der Waals surface area contributed by atoms with Crippen molar-refractivity contribution in [3.63, 3.8) is 0 Å². The average molecular weight is 392 g/mol. The Morgan fingerprint density at radius 3 is 2.64 bits per heavy atom. The van der Waals surface area contributed by atoms with Gasteiger partial charge in [-0.25, -0.2) is 9.97 Å². The van der Waals surface area contributed by atoms with Crippen molar-refractivity contribution in [1.82, 2.24) is 19.5 Å². The first-order valence-corrected chi connectivity index (χ1v) is 9.57. The maximum Gasteiger partial charge on any atom is 0.275 e. The van der Waals surface area contributed by atoms with Crippen molar-refractivity contribution in [1.29, 1.82) is 0 Å². The molecule has 0 radical (unpaired) electrons. The molecule has 2 heterocycles. The number of primary amides is 1. The van der Waals surface area contributed by atoms with Crippen molar-refractivity contribution in [3.05, 3.63) is 66.2 Å². The van der Waals surface area contributed by atoms with Gasteiger partial charge >= 0.3 is 0 Å². The standard InChI is InChI=1S/C19H16N6O2S/c1-28-14-9-5-4-8-13(14)22-18(27)16-15(17(20)26)21-10-25(16)19-23-11-6-2-3-7-12(11)24-19/h2-10H,1H3,(H2,20,26)(H,22,27)(H,23,24). The molecule has 28 heavy (non-hydrogen) atoms. The predicted octanol–water partition coefficient (Wildman–Crippen LogP) is 2.82. The monoisotopic (exact) mass is 392 g/mol. The molecule has 0 aliphatic heterocycles. The van der Waals surface area contributed by atoms with Crippen LogP contribution in [0.5, 0.6) is 0 Å². The quantitative estimate of drug-likeness (QED) is 0.451. The highest BCUT2D eigenvalue weighted by atomic mass is 32.2. The third-order valence-electron chi connectivity index (χ3n) is 4.18. The van der Waals surface area contributed by atoms with E-state index in [9.17, 15) is 9.59 Å². The molecule has 9 heteroatoms. The van der Waals surface area contributed by atoms with Crippen molar-refractivity contribution in [2.45, 2.75) is 4.90 Å². The molecule has 0 spiro atoms. The van der Waals surface area contributed by atoms with Crippen LogP contribution in [-0.2, 0) is 0 Å². The number of aromatic nitrogens is 4. The number of nitrogens with one attached hydrogen (secondary N) is 2. The molecule has 0 saturated heterocycles. The number of anilines is 1. The van der Waals surface area contributed by atoms with Gasteiger partial charge in [-0.05, 0) is 30.5 Å². The van der Waals surface area contributed by atoms with E-state index in [1.165, 1.54) is 22.7 Å². The molecule has 4 aromatic rings. The molecule has 0 atom stereocenters. The molecule has 2 aromatic heterocycles. The summed E-state index contributed by atoms with van der Waals surface area (Å²) in [6.07, 6.45) is 3.27. The van der Waals surface area contributed by atoms with Gasteiger partial charge in [-0.2, -0.15) is 0 Å². The van der Waals surface area contributed by atoms with Crippen molar-refractivity contribution < 1.29 is 9.59 Å².